The van der Waals surface area contributed by atoms with Crippen LogP contribution in [0.4, 0.5) is 0 Å². The van der Waals surface area contributed by atoms with Crippen LogP contribution >= 0.6 is 0 Å². The highest BCUT2D eigenvalue weighted by molar-refractivity contribution is 5.76. The smallest absolute Gasteiger partial charge is 0.305 e. The van der Waals surface area contributed by atoms with Gasteiger partial charge in [-0.05, 0) is 57.8 Å². The fourth-order valence-corrected chi connectivity index (χ4v) is 11.1. The molecule has 6 heteroatoms. The van der Waals surface area contributed by atoms with Gasteiger partial charge in [0.2, 0.25) is 5.91 Å². The Hall–Kier alpha value is -1.66. The van der Waals surface area contributed by atoms with Crippen LogP contribution in [-0.4, -0.2) is 47.4 Å². The summed E-state index contributed by atoms with van der Waals surface area (Å²) in [5, 5.41) is 23.3. The lowest BCUT2D eigenvalue weighted by Crippen LogP contribution is -2.45. The van der Waals surface area contributed by atoms with E-state index in [9.17, 15) is 19.8 Å². The standard InChI is InChI=1S/C71H137NO5/c1-3-5-7-9-11-13-15-17-19-21-22-23-24-25-26-28-32-35-39-43-47-51-55-59-63-69(74)68(67-73)72-70(75)64-60-56-52-48-44-40-36-33-29-27-30-34-38-42-46-50-54-58-62-66-77-71(76)65-61-57-53-49-45-41-37-31-20-18-16-14-12-10-8-6-4-2/h27,29,59,63,68-69,73-74H,3-26,28,30-58,60-62,64-67H2,1-2H3,(H,72,75)/b29-27-,63-59+. The number of aliphatic hydroxyl groups excluding tert-OH is 2. The normalized spacial score (nSPS) is 12.6. The molecule has 6 nitrogen and oxygen atoms in total. The summed E-state index contributed by atoms with van der Waals surface area (Å²) in [7, 11) is 0. The van der Waals surface area contributed by atoms with Crippen LogP contribution in [0.25, 0.3) is 0 Å². The topological polar surface area (TPSA) is 95.9 Å². The van der Waals surface area contributed by atoms with Crippen LogP contribution < -0.4 is 5.32 Å². The summed E-state index contributed by atoms with van der Waals surface area (Å²) in [4.78, 5) is 24.6. The second-order valence-corrected chi connectivity index (χ2v) is 24.2. The third-order valence-electron chi connectivity index (χ3n) is 16.5. The Kier molecular flexibility index (Phi) is 65.4. The fraction of sp³-hybridized carbons (Fsp3) is 0.915. The molecule has 0 radical (unpaired) electrons. The molecule has 0 aliphatic heterocycles. The number of amides is 1. The van der Waals surface area contributed by atoms with Gasteiger partial charge in [0.25, 0.3) is 0 Å². The molecule has 1 amide bonds. The molecule has 2 atom stereocenters. The second-order valence-electron chi connectivity index (χ2n) is 24.2. The molecular weight excluding hydrogens is 947 g/mol. The monoisotopic (exact) mass is 1080 g/mol. The molecule has 77 heavy (non-hydrogen) atoms. The highest BCUT2D eigenvalue weighted by atomic mass is 16.5. The second kappa shape index (κ2) is 66.8. The van der Waals surface area contributed by atoms with E-state index in [-0.39, 0.29) is 18.5 Å². The fourth-order valence-electron chi connectivity index (χ4n) is 11.1. The summed E-state index contributed by atoms with van der Waals surface area (Å²) < 4.78 is 5.50. The maximum Gasteiger partial charge on any atom is 0.305 e. The van der Waals surface area contributed by atoms with Crippen molar-refractivity contribution < 1.29 is 24.5 Å². The predicted octanol–water partition coefficient (Wildman–Crippen LogP) is 22.5. The Morgan fingerprint density at radius 2 is 0.610 bits per heavy atom. The molecule has 456 valence electrons. The zero-order chi connectivity index (χ0) is 55.7. The quantitative estimate of drug-likeness (QED) is 0.0320. The van der Waals surface area contributed by atoms with Gasteiger partial charge in [-0.1, -0.05) is 346 Å². The number of rotatable bonds is 66. The summed E-state index contributed by atoms with van der Waals surface area (Å²) in [6.45, 7) is 4.93. The van der Waals surface area contributed by atoms with Crippen molar-refractivity contribution in [1.29, 1.82) is 0 Å². The molecule has 0 aliphatic carbocycles. The zero-order valence-electron chi connectivity index (χ0n) is 52.2. The van der Waals surface area contributed by atoms with E-state index >= 15 is 0 Å². The van der Waals surface area contributed by atoms with E-state index in [1.54, 1.807) is 6.08 Å². The summed E-state index contributed by atoms with van der Waals surface area (Å²) in [5.41, 5.74) is 0. The third-order valence-corrected chi connectivity index (χ3v) is 16.5. The number of esters is 1. The van der Waals surface area contributed by atoms with Gasteiger partial charge in [0.1, 0.15) is 0 Å². The molecule has 0 aromatic rings. The van der Waals surface area contributed by atoms with E-state index in [0.717, 1.165) is 44.9 Å². The van der Waals surface area contributed by atoms with E-state index in [1.807, 2.05) is 6.08 Å². The van der Waals surface area contributed by atoms with Crippen LogP contribution in [-0.2, 0) is 14.3 Å². The van der Waals surface area contributed by atoms with Crippen LogP contribution in [0.3, 0.4) is 0 Å². The number of ether oxygens (including phenoxy) is 1. The van der Waals surface area contributed by atoms with Crippen molar-refractivity contribution in [1.82, 2.24) is 5.32 Å². The van der Waals surface area contributed by atoms with E-state index in [2.05, 4.69) is 31.3 Å². The minimum absolute atomic E-state index is 0.00812. The highest BCUT2D eigenvalue weighted by Gasteiger charge is 2.18. The minimum Gasteiger partial charge on any atom is -0.466 e. The summed E-state index contributed by atoms with van der Waals surface area (Å²) in [6.07, 6.45) is 83.9. The number of hydrogen-bond donors (Lipinski definition) is 3. The van der Waals surface area contributed by atoms with Crippen LogP contribution in [0, 0.1) is 0 Å². The lowest BCUT2D eigenvalue weighted by molar-refractivity contribution is -0.143. The lowest BCUT2D eigenvalue weighted by atomic mass is 10.0. The highest BCUT2D eigenvalue weighted by Crippen LogP contribution is 2.19. The van der Waals surface area contributed by atoms with Gasteiger partial charge in [-0.25, -0.2) is 0 Å². The SMILES string of the molecule is CCCCCCCCCCCCCCCCCCCCCCCC/C=C/C(O)C(CO)NC(=O)CCCCCCCCC/C=C\CCCCCCCCCCOC(=O)CCCCCCCCCCCCCCCCCCC. The van der Waals surface area contributed by atoms with E-state index in [0.29, 0.717) is 19.4 Å². The average Bonchev–Trinajstić information content (AvgIpc) is 3.43. The maximum absolute atomic E-state index is 12.5. The first-order valence-electron chi connectivity index (χ1n) is 35.1. The van der Waals surface area contributed by atoms with Crippen LogP contribution in [0.2, 0.25) is 0 Å². The molecule has 0 aliphatic rings. The Morgan fingerprint density at radius 1 is 0.351 bits per heavy atom. The van der Waals surface area contributed by atoms with Crippen molar-refractivity contribution in [3.63, 3.8) is 0 Å². The van der Waals surface area contributed by atoms with Gasteiger partial charge in [0.15, 0.2) is 0 Å². The summed E-state index contributed by atoms with van der Waals surface area (Å²) >= 11 is 0. The van der Waals surface area contributed by atoms with E-state index in [1.165, 1.54) is 321 Å². The molecule has 2 unspecified atom stereocenters. The summed E-state index contributed by atoms with van der Waals surface area (Å²) in [5.74, 6) is -0.0651. The lowest BCUT2D eigenvalue weighted by Gasteiger charge is -2.20. The number of hydrogen-bond acceptors (Lipinski definition) is 5. The first-order valence-corrected chi connectivity index (χ1v) is 35.1. The van der Waals surface area contributed by atoms with Gasteiger partial charge < -0.3 is 20.3 Å². The molecule has 0 saturated carbocycles. The molecule has 0 spiro atoms. The van der Waals surface area contributed by atoms with Crippen molar-refractivity contribution in [3.8, 4) is 0 Å². The van der Waals surface area contributed by atoms with Crippen molar-refractivity contribution in [2.45, 2.75) is 405 Å². The van der Waals surface area contributed by atoms with Crippen molar-refractivity contribution in [3.05, 3.63) is 24.3 Å². The molecule has 0 bridgehead atoms. The van der Waals surface area contributed by atoms with Gasteiger partial charge in [0.05, 0.1) is 25.4 Å². The number of carbonyl (C=O) groups excluding carboxylic acids is 2. The van der Waals surface area contributed by atoms with Gasteiger partial charge in [-0.15, -0.1) is 0 Å². The molecular formula is C71H137NO5. The molecule has 0 aromatic carbocycles. The number of unbranched alkanes of at least 4 members (excludes halogenated alkanes) is 53. The minimum atomic E-state index is -0.852. The number of nitrogens with one attached hydrogen (secondary N) is 1. The maximum atomic E-state index is 12.5. The number of carbonyl (C=O) groups is 2. The molecule has 0 rings (SSSR count). The van der Waals surface area contributed by atoms with Crippen LogP contribution in [0.1, 0.15) is 393 Å². The molecule has 3 N–H and O–H groups in total. The first-order chi connectivity index (χ1) is 38.0. The van der Waals surface area contributed by atoms with Gasteiger partial charge in [-0.3, -0.25) is 9.59 Å². The Morgan fingerprint density at radius 3 is 0.922 bits per heavy atom. The van der Waals surface area contributed by atoms with Crippen molar-refractivity contribution >= 4 is 11.9 Å². The van der Waals surface area contributed by atoms with Crippen molar-refractivity contribution in [2.75, 3.05) is 13.2 Å². The third kappa shape index (κ3) is 63.4. The summed E-state index contributed by atoms with van der Waals surface area (Å²) in [6, 6.07) is -0.636. The van der Waals surface area contributed by atoms with Gasteiger partial charge in [0, 0.05) is 12.8 Å². The number of allylic oxidation sites excluding steroid dienone is 3. The van der Waals surface area contributed by atoms with Crippen LogP contribution in [0.15, 0.2) is 24.3 Å². The predicted molar refractivity (Wildman–Crippen MR) is 338 cm³/mol. The number of aliphatic hydroxyl groups is 2. The Balaban J connectivity index is 3.45. The Bertz CT molecular complexity index is 1200. The molecule has 0 aromatic heterocycles. The molecule has 0 heterocycles. The van der Waals surface area contributed by atoms with E-state index in [4.69, 9.17) is 4.74 Å². The molecule has 0 fully saturated rings. The van der Waals surface area contributed by atoms with E-state index < -0.39 is 12.1 Å². The van der Waals surface area contributed by atoms with Crippen molar-refractivity contribution in [2.24, 2.45) is 0 Å². The van der Waals surface area contributed by atoms with Gasteiger partial charge >= 0.3 is 5.97 Å². The van der Waals surface area contributed by atoms with Crippen LogP contribution in [0.5, 0.6) is 0 Å². The zero-order valence-corrected chi connectivity index (χ0v) is 52.2. The first kappa shape index (κ1) is 75.3. The largest absolute Gasteiger partial charge is 0.466 e. The van der Waals surface area contributed by atoms with Gasteiger partial charge in [-0.2, -0.15) is 0 Å². The Labute approximate surface area is 481 Å². The molecule has 0 saturated heterocycles. The average molecular weight is 1080 g/mol.